The van der Waals surface area contributed by atoms with Gasteiger partial charge in [-0.25, -0.2) is 5.43 Å². The topological polar surface area (TPSA) is 93.4 Å². The first-order valence-corrected chi connectivity index (χ1v) is 13.3. The van der Waals surface area contributed by atoms with E-state index in [9.17, 15) is 4.79 Å². The minimum absolute atomic E-state index is 0.252. The number of thioether (sulfide) groups is 1. The summed E-state index contributed by atoms with van der Waals surface area (Å²) in [6.45, 7) is 4.35. The molecule has 0 saturated carbocycles. The summed E-state index contributed by atoms with van der Waals surface area (Å²) in [6.07, 6.45) is 1.56. The summed E-state index contributed by atoms with van der Waals surface area (Å²) in [4.78, 5) is 12.8. The van der Waals surface area contributed by atoms with Crippen LogP contribution in [-0.2, 0) is 11.3 Å². The van der Waals surface area contributed by atoms with Crippen molar-refractivity contribution < 1.29 is 9.53 Å². The number of carbonyl (C=O) groups excluding carboxylic acids is 1. The summed E-state index contributed by atoms with van der Waals surface area (Å²) in [7, 11) is 1.59. The van der Waals surface area contributed by atoms with Crippen molar-refractivity contribution >= 4 is 45.5 Å². The Kier molecular flexibility index (Phi) is 8.97. The molecule has 4 rings (SSSR count). The predicted octanol–water partition coefficient (Wildman–Crippen LogP) is 5.59. The maximum Gasteiger partial charge on any atom is 0.253 e. The maximum absolute atomic E-state index is 12.8. The average Bonchev–Trinajstić information content (AvgIpc) is 3.31. The van der Waals surface area contributed by atoms with Crippen LogP contribution in [0.5, 0.6) is 5.75 Å². The molecule has 0 fully saturated rings. The summed E-state index contributed by atoms with van der Waals surface area (Å²) in [5, 5.41) is 16.5. The maximum atomic E-state index is 12.8. The van der Waals surface area contributed by atoms with Gasteiger partial charge in [0.25, 0.3) is 5.91 Å². The van der Waals surface area contributed by atoms with Gasteiger partial charge in [-0.1, -0.05) is 64.1 Å². The molecule has 3 aromatic carbocycles. The fourth-order valence-corrected chi connectivity index (χ4v) is 4.81. The van der Waals surface area contributed by atoms with E-state index in [1.54, 1.807) is 13.3 Å². The third-order valence-electron chi connectivity index (χ3n) is 5.52. The van der Waals surface area contributed by atoms with E-state index in [1.807, 2.05) is 78.2 Å². The van der Waals surface area contributed by atoms with Crippen LogP contribution in [0.4, 0.5) is 5.69 Å². The molecule has 0 aliphatic heterocycles. The van der Waals surface area contributed by atoms with E-state index < -0.39 is 5.25 Å². The lowest BCUT2D eigenvalue weighted by molar-refractivity contribution is -0.120. The molecule has 190 valence electrons. The number of rotatable bonds is 10. The second kappa shape index (κ2) is 12.6. The van der Waals surface area contributed by atoms with Crippen molar-refractivity contribution in [1.82, 2.24) is 20.2 Å². The molecule has 0 radical (unpaired) electrons. The van der Waals surface area contributed by atoms with Crippen LogP contribution in [0, 0.1) is 6.92 Å². The van der Waals surface area contributed by atoms with Crippen molar-refractivity contribution in [2.24, 2.45) is 5.10 Å². The molecule has 1 heterocycles. The SMILES string of the molecule is COc1ccc(Br)cc1C=NNC(=O)[C@@H](C)Sc1nnc(CNc2ccccc2C)n1-c1ccccc1. The van der Waals surface area contributed by atoms with E-state index in [2.05, 4.69) is 55.0 Å². The third kappa shape index (κ3) is 6.78. The van der Waals surface area contributed by atoms with Gasteiger partial charge in [0.15, 0.2) is 11.0 Å². The van der Waals surface area contributed by atoms with E-state index >= 15 is 0 Å². The van der Waals surface area contributed by atoms with Crippen LogP contribution < -0.4 is 15.5 Å². The van der Waals surface area contributed by atoms with Gasteiger partial charge < -0.3 is 10.1 Å². The molecule has 1 atom stereocenters. The zero-order valence-electron chi connectivity index (χ0n) is 20.7. The van der Waals surface area contributed by atoms with Crippen molar-refractivity contribution in [3.05, 3.63) is 94.2 Å². The number of benzene rings is 3. The first-order chi connectivity index (χ1) is 18.0. The van der Waals surface area contributed by atoms with Gasteiger partial charge in [0.1, 0.15) is 5.75 Å². The van der Waals surface area contributed by atoms with Crippen LogP contribution >= 0.6 is 27.7 Å². The summed E-state index contributed by atoms with van der Waals surface area (Å²) in [6, 6.07) is 23.5. The van der Waals surface area contributed by atoms with Crippen LogP contribution in [0.15, 0.2) is 87.5 Å². The molecule has 0 saturated heterocycles. The van der Waals surface area contributed by atoms with Gasteiger partial charge in [-0.2, -0.15) is 5.10 Å². The number of anilines is 1. The van der Waals surface area contributed by atoms with Crippen molar-refractivity contribution in [2.45, 2.75) is 30.8 Å². The van der Waals surface area contributed by atoms with Crippen LogP contribution in [0.3, 0.4) is 0 Å². The number of methoxy groups -OCH3 is 1. The van der Waals surface area contributed by atoms with Gasteiger partial charge in [-0.3, -0.25) is 9.36 Å². The number of ether oxygens (including phenoxy) is 1. The van der Waals surface area contributed by atoms with Gasteiger partial charge in [-0.05, 0) is 55.8 Å². The molecule has 4 aromatic rings. The number of amides is 1. The van der Waals surface area contributed by atoms with E-state index in [4.69, 9.17) is 4.74 Å². The summed E-state index contributed by atoms with van der Waals surface area (Å²) >= 11 is 4.75. The summed E-state index contributed by atoms with van der Waals surface area (Å²) < 4.78 is 8.20. The fourth-order valence-electron chi connectivity index (χ4n) is 3.55. The second-order valence-electron chi connectivity index (χ2n) is 8.12. The number of para-hydroxylation sites is 2. The Labute approximate surface area is 228 Å². The van der Waals surface area contributed by atoms with Crippen molar-refractivity contribution in [3.63, 3.8) is 0 Å². The highest BCUT2D eigenvalue weighted by Crippen LogP contribution is 2.27. The minimum atomic E-state index is -0.467. The van der Waals surface area contributed by atoms with Crippen LogP contribution in [-0.4, -0.2) is 39.2 Å². The molecule has 0 unspecified atom stereocenters. The number of hydrazone groups is 1. The second-order valence-corrected chi connectivity index (χ2v) is 10.3. The Morgan fingerprint density at radius 3 is 2.65 bits per heavy atom. The molecule has 0 spiro atoms. The highest BCUT2D eigenvalue weighted by molar-refractivity contribution is 9.10. The number of halogens is 1. The fraction of sp³-hybridized carbons (Fsp3) is 0.185. The van der Waals surface area contributed by atoms with Gasteiger partial charge in [0.2, 0.25) is 0 Å². The first kappa shape index (κ1) is 26.4. The lowest BCUT2D eigenvalue weighted by Crippen LogP contribution is -2.27. The summed E-state index contributed by atoms with van der Waals surface area (Å²) in [5.74, 6) is 1.15. The normalized spacial score (nSPS) is 11.9. The molecule has 8 nitrogen and oxygen atoms in total. The number of aryl methyl sites for hydroxylation is 1. The molecular formula is C27H27BrN6O2S. The van der Waals surface area contributed by atoms with Gasteiger partial charge in [-0.15, -0.1) is 10.2 Å². The zero-order chi connectivity index (χ0) is 26.2. The zero-order valence-corrected chi connectivity index (χ0v) is 23.1. The molecule has 2 N–H and O–H groups in total. The van der Waals surface area contributed by atoms with Crippen molar-refractivity contribution in [2.75, 3.05) is 12.4 Å². The smallest absolute Gasteiger partial charge is 0.253 e. The number of hydrogen-bond donors (Lipinski definition) is 2. The predicted molar refractivity (Wildman–Crippen MR) is 152 cm³/mol. The highest BCUT2D eigenvalue weighted by Gasteiger charge is 2.21. The van der Waals surface area contributed by atoms with Crippen LogP contribution in [0.1, 0.15) is 23.9 Å². The monoisotopic (exact) mass is 578 g/mol. The van der Waals surface area contributed by atoms with E-state index in [0.29, 0.717) is 17.5 Å². The number of carbonyl (C=O) groups is 1. The van der Waals surface area contributed by atoms with E-state index in [1.165, 1.54) is 11.8 Å². The molecule has 0 aliphatic rings. The molecule has 0 aliphatic carbocycles. The molecule has 37 heavy (non-hydrogen) atoms. The molecule has 1 amide bonds. The van der Waals surface area contributed by atoms with Gasteiger partial charge in [0.05, 0.1) is 25.1 Å². The quantitative estimate of drug-likeness (QED) is 0.145. The van der Waals surface area contributed by atoms with Gasteiger partial charge >= 0.3 is 0 Å². The van der Waals surface area contributed by atoms with E-state index in [-0.39, 0.29) is 5.91 Å². The molecular weight excluding hydrogens is 552 g/mol. The van der Waals surface area contributed by atoms with E-state index in [0.717, 1.165) is 32.8 Å². The Morgan fingerprint density at radius 1 is 1.14 bits per heavy atom. The van der Waals surface area contributed by atoms with Crippen LogP contribution in [0.2, 0.25) is 0 Å². The Hall–Kier alpha value is -3.63. The molecule has 1 aromatic heterocycles. The van der Waals surface area contributed by atoms with Crippen molar-refractivity contribution in [1.29, 1.82) is 0 Å². The number of nitrogens with zero attached hydrogens (tertiary/aromatic N) is 4. The third-order valence-corrected chi connectivity index (χ3v) is 7.05. The number of nitrogens with one attached hydrogen (secondary N) is 2. The number of aromatic nitrogens is 3. The molecule has 0 bridgehead atoms. The lowest BCUT2D eigenvalue weighted by Gasteiger charge is -2.14. The lowest BCUT2D eigenvalue weighted by atomic mass is 10.2. The summed E-state index contributed by atoms with van der Waals surface area (Å²) in [5.41, 5.74) is 6.45. The Morgan fingerprint density at radius 2 is 1.89 bits per heavy atom. The van der Waals surface area contributed by atoms with Crippen LogP contribution in [0.25, 0.3) is 5.69 Å². The van der Waals surface area contributed by atoms with Gasteiger partial charge in [0, 0.05) is 21.4 Å². The Balaban J connectivity index is 1.48. The van der Waals surface area contributed by atoms with Crippen molar-refractivity contribution in [3.8, 4) is 11.4 Å². The Bertz CT molecular complexity index is 1390. The number of hydrogen-bond acceptors (Lipinski definition) is 7. The average molecular weight is 580 g/mol. The largest absolute Gasteiger partial charge is 0.496 e. The standard InChI is InChI=1S/C27H27BrN6O2S/c1-18-9-7-8-12-23(18)29-17-25-31-33-27(34(25)22-10-5-4-6-11-22)37-19(2)26(35)32-30-16-20-15-21(28)13-14-24(20)36-3/h4-16,19,29H,17H2,1-3H3,(H,32,35)/t19-/m1/s1. The highest BCUT2D eigenvalue weighted by atomic mass is 79.9. The first-order valence-electron chi connectivity index (χ1n) is 11.6. The molecule has 10 heteroatoms. The minimum Gasteiger partial charge on any atom is -0.496 e.